The lowest BCUT2D eigenvalue weighted by molar-refractivity contribution is 1.21. The maximum Gasteiger partial charge on any atom is 0.211 e. The summed E-state index contributed by atoms with van der Waals surface area (Å²) >= 11 is 11.9. The molecule has 0 heterocycles. The molecule has 1 aromatic rings. The first-order chi connectivity index (χ1) is 7.00. The Balaban J connectivity index is 3.05. The summed E-state index contributed by atoms with van der Waals surface area (Å²) in [5, 5.41) is 8.10. The van der Waals surface area contributed by atoms with Crippen LogP contribution in [0.15, 0.2) is 22.3 Å². The molecule has 0 bridgehead atoms. The number of halogens is 2. The molecule has 4 nitrogen and oxygen atoms in total. The Kier molecular flexibility index (Phi) is 3.94. The van der Waals surface area contributed by atoms with Crippen LogP contribution in [0.25, 0.3) is 0 Å². The van der Waals surface area contributed by atoms with Gasteiger partial charge in [0.05, 0.1) is 16.3 Å². The van der Waals surface area contributed by atoms with E-state index >= 15 is 0 Å². The van der Waals surface area contributed by atoms with Gasteiger partial charge in [0, 0.05) is 5.56 Å². The Hall–Kier alpha value is -1.26. The van der Waals surface area contributed by atoms with Crippen molar-refractivity contribution in [1.82, 2.24) is 0 Å². The molecule has 4 N–H and O–H groups in total. The third-order valence-electron chi connectivity index (χ3n) is 1.58. The summed E-state index contributed by atoms with van der Waals surface area (Å²) in [6.07, 6.45) is 1.41. The highest BCUT2D eigenvalue weighted by atomic mass is 35.5. The molecule has 0 radical (unpaired) electrons. The van der Waals surface area contributed by atoms with E-state index in [1.54, 1.807) is 12.1 Å². The fourth-order valence-corrected chi connectivity index (χ4v) is 1.68. The molecule has 6 heteroatoms. The molecule has 0 fully saturated rings. The van der Waals surface area contributed by atoms with E-state index < -0.39 is 0 Å². The first kappa shape index (κ1) is 11.8. The number of guanidine groups is 1. The molecule has 15 heavy (non-hydrogen) atoms. The summed E-state index contributed by atoms with van der Waals surface area (Å²) in [6, 6.07) is 3.56. The van der Waals surface area contributed by atoms with Gasteiger partial charge < -0.3 is 11.5 Å². The number of rotatable bonds is 2. The molecule has 0 saturated carbocycles. The molecule has 0 aliphatic carbocycles. The van der Waals surface area contributed by atoms with Crippen LogP contribution in [0.5, 0.6) is 0 Å². The lowest BCUT2D eigenvalue weighted by Crippen LogP contribution is -2.21. The van der Waals surface area contributed by atoms with E-state index in [2.05, 4.69) is 10.2 Å². The van der Waals surface area contributed by atoms with Crippen molar-refractivity contribution in [1.29, 1.82) is 0 Å². The molecule has 0 aliphatic heterocycles. The molecule has 80 valence electrons. The number of nitrogens with two attached hydrogens (primary N) is 2. The zero-order chi connectivity index (χ0) is 11.4. The van der Waals surface area contributed by atoms with Crippen LogP contribution < -0.4 is 11.5 Å². The largest absolute Gasteiger partial charge is 0.369 e. The van der Waals surface area contributed by atoms with Crippen LogP contribution in [0.2, 0.25) is 10.0 Å². The van der Waals surface area contributed by atoms with E-state index in [-0.39, 0.29) is 5.96 Å². The van der Waals surface area contributed by atoms with Crippen LogP contribution in [0.1, 0.15) is 11.1 Å². The lowest BCUT2D eigenvalue weighted by Gasteiger charge is -2.02. The van der Waals surface area contributed by atoms with Gasteiger partial charge in [0.2, 0.25) is 5.96 Å². The van der Waals surface area contributed by atoms with Crippen molar-refractivity contribution in [2.45, 2.75) is 6.92 Å². The van der Waals surface area contributed by atoms with Crippen molar-refractivity contribution in [2.24, 2.45) is 21.7 Å². The highest BCUT2D eigenvalue weighted by molar-refractivity contribution is 6.38. The minimum absolute atomic E-state index is 0.120. The van der Waals surface area contributed by atoms with E-state index in [0.717, 1.165) is 5.56 Å². The molecule has 0 atom stereocenters. The van der Waals surface area contributed by atoms with Crippen molar-refractivity contribution in [3.63, 3.8) is 0 Å². The van der Waals surface area contributed by atoms with E-state index in [4.69, 9.17) is 34.7 Å². The van der Waals surface area contributed by atoms with Crippen molar-refractivity contribution in [3.05, 3.63) is 33.3 Å². The monoisotopic (exact) mass is 244 g/mol. The van der Waals surface area contributed by atoms with Gasteiger partial charge in [-0.25, -0.2) is 0 Å². The summed E-state index contributed by atoms with van der Waals surface area (Å²) < 4.78 is 0. The van der Waals surface area contributed by atoms with Gasteiger partial charge in [-0.3, -0.25) is 0 Å². The van der Waals surface area contributed by atoms with Gasteiger partial charge in [-0.2, -0.15) is 5.10 Å². The van der Waals surface area contributed by atoms with Gasteiger partial charge in [0.1, 0.15) is 0 Å². The van der Waals surface area contributed by atoms with E-state index in [1.807, 2.05) is 6.92 Å². The predicted octanol–water partition coefficient (Wildman–Crippen LogP) is 1.91. The van der Waals surface area contributed by atoms with Crippen LogP contribution in [-0.2, 0) is 0 Å². The quantitative estimate of drug-likeness (QED) is 0.474. The highest BCUT2D eigenvalue weighted by Gasteiger charge is 2.03. The lowest BCUT2D eigenvalue weighted by atomic mass is 10.2. The topological polar surface area (TPSA) is 76.8 Å². The Bertz CT molecular complexity index is 399. The van der Waals surface area contributed by atoms with Crippen molar-refractivity contribution >= 4 is 35.4 Å². The molecule has 0 amide bonds. The van der Waals surface area contributed by atoms with Gasteiger partial charge in [-0.15, -0.1) is 5.10 Å². The zero-order valence-electron chi connectivity index (χ0n) is 8.04. The summed E-state index contributed by atoms with van der Waals surface area (Å²) in [5.41, 5.74) is 11.8. The molecule has 0 aromatic heterocycles. The minimum atomic E-state index is -0.120. The maximum absolute atomic E-state index is 5.96. The minimum Gasteiger partial charge on any atom is -0.369 e. The second-order valence-electron chi connectivity index (χ2n) is 2.91. The average molecular weight is 245 g/mol. The first-order valence-corrected chi connectivity index (χ1v) is 4.84. The number of aryl methyl sites for hydroxylation is 1. The predicted molar refractivity (Wildman–Crippen MR) is 64.6 cm³/mol. The molecule has 1 aromatic carbocycles. The van der Waals surface area contributed by atoms with Crippen molar-refractivity contribution in [2.75, 3.05) is 0 Å². The molecular weight excluding hydrogens is 235 g/mol. The maximum atomic E-state index is 5.96. The van der Waals surface area contributed by atoms with Gasteiger partial charge in [-0.1, -0.05) is 23.2 Å². The molecule has 1 rings (SSSR count). The Morgan fingerprint density at radius 2 is 1.80 bits per heavy atom. The second kappa shape index (κ2) is 5.00. The summed E-state index contributed by atoms with van der Waals surface area (Å²) in [5.74, 6) is -0.120. The Morgan fingerprint density at radius 3 is 2.27 bits per heavy atom. The smallest absolute Gasteiger partial charge is 0.211 e. The van der Waals surface area contributed by atoms with E-state index in [0.29, 0.717) is 15.6 Å². The average Bonchev–Trinajstić information content (AvgIpc) is 2.08. The summed E-state index contributed by atoms with van der Waals surface area (Å²) in [6.45, 7) is 1.90. The van der Waals surface area contributed by atoms with Crippen molar-refractivity contribution in [3.8, 4) is 0 Å². The molecule has 0 unspecified atom stereocenters. The Morgan fingerprint density at radius 1 is 1.27 bits per heavy atom. The number of nitrogens with zero attached hydrogens (tertiary/aromatic N) is 2. The first-order valence-electron chi connectivity index (χ1n) is 4.08. The van der Waals surface area contributed by atoms with Crippen LogP contribution in [0, 0.1) is 6.92 Å². The SMILES string of the molecule is Cc1cc(Cl)c(C=NN=C(N)N)c(Cl)c1. The van der Waals surface area contributed by atoms with Crippen LogP contribution in [-0.4, -0.2) is 12.2 Å². The number of hydrogen-bond donors (Lipinski definition) is 2. The number of hydrogen-bond acceptors (Lipinski definition) is 2. The molecule has 0 saturated heterocycles. The highest BCUT2D eigenvalue weighted by Crippen LogP contribution is 2.24. The Labute approximate surface area is 97.6 Å². The zero-order valence-corrected chi connectivity index (χ0v) is 9.55. The van der Waals surface area contributed by atoms with Crippen molar-refractivity contribution < 1.29 is 0 Å². The van der Waals surface area contributed by atoms with Crippen LogP contribution in [0.4, 0.5) is 0 Å². The van der Waals surface area contributed by atoms with Gasteiger partial charge >= 0.3 is 0 Å². The second-order valence-corrected chi connectivity index (χ2v) is 3.73. The van der Waals surface area contributed by atoms with Crippen LogP contribution >= 0.6 is 23.2 Å². The van der Waals surface area contributed by atoms with E-state index in [1.165, 1.54) is 6.21 Å². The van der Waals surface area contributed by atoms with E-state index in [9.17, 15) is 0 Å². The third kappa shape index (κ3) is 3.42. The van der Waals surface area contributed by atoms with Gasteiger partial charge in [0.25, 0.3) is 0 Å². The summed E-state index contributed by atoms with van der Waals surface area (Å²) in [4.78, 5) is 0. The fourth-order valence-electron chi connectivity index (χ4n) is 0.988. The third-order valence-corrected chi connectivity index (χ3v) is 2.21. The molecular formula is C9H10Cl2N4. The normalized spacial score (nSPS) is 10.6. The van der Waals surface area contributed by atoms with Crippen LogP contribution in [0.3, 0.4) is 0 Å². The number of benzene rings is 1. The summed E-state index contributed by atoms with van der Waals surface area (Å²) in [7, 11) is 0. The standard InChI is InChI=1S/C9H10Cl2N4/c1-5-2-7(10)6(8(11)3-5)4-14-15-9(12)13/h2-4H,1H3,(H4,12,13,15). The van der Waals surface area contributed by atoms with Gasteiger partial charge in [0.15, 0.2) is 0 Å². The molecule has 0 aliphatic rings. The fraction of sp³-hybridized carbons (Fsp3) is 0.111. The van der Waals surface area contributed by atoms with Gasteiger partial charge in [-0.05, 0) is 24.6 Å². The molecule has 0 spiro atoms.